The number of esters is 1. The van der Waals surface area contributed by atoms with E-state index in [0.29, 0.717) is 41.9 Å². The van der Waals surface area contributed by atoms with Crippen molar-refractivity contribution in [1.29, 1.82) is 0 Å². The highest BCUT2D eigenvalue weighted by molar-refractivity contribution is 5.75. The maximum atomic E-state index is 12.6. The number of allylic oxidation sites excluding steroid dienone is 1. The van der Waals surface area contributed by atoms with E-state index in [1.165, 1.54) is 25.3 Å². The SMILES string of the molecule is CC1O[C@@H](OC2C(O)[C@H](O)C(COC(=O)[C@@H](N)C(C)C)O[C@H]2O[C@H]2CC[C@@]3(C)C(=CCC4C5CC6O[C@]7(CC[C@@H](C)CO7)[C@@H](C)C6[C@@]5(C)CCC43)C2)[C@@H](O)C(O)[C@H]1O. The zero-order valence-corrected chi connectivity index (χ0v) is 35.5. The Morgan fingerprint density at radius 3 is 2.36 bits per heavy atom. The number of nitrogens with two attached hydrogens (primary N) is 1. The lowest BCUT2D eigenvalue weighted by molar-refractivity contribution is -0.370. The largest absolute Gasteiger partial charge is 0.462 e. The quantitative estimate of drug-likeness (QED) is 0.154. The minimum Gasteiger partial charge on any atom is -0.462 e. The summed E-state index contributed by atoms with van der Waals surface area (Å²) >= 11 is 0. The van der Waals surface area contributed by atoms with Gasteiger partial charge in [-0.05, 0) is 105 Å². The topological polar surface area (TPSA) is 209 Å². The molecule has 0 aromatic heterocycles. The first-order valence-corrected chi connectivity index (χ1v) is 22.3. The summed E-state index contributed by atoms with van der Waals surface area (Å²) < 4.78 is 43.7. The summed E-state index contributed by atoms with van der Waals surface area (Å²) in [5.74, 6) is 1.92. The van der Waals surface area contributed by atoms with E-state index < -0.39 is 79.2 Å². The van der Waals surface area contributed by atoms with Crippen molar-refractivity contribution in [3.05, 3.63) is 11.6 Å². The van der Waals surface area contributed by atoms with Crippen molar-refractivity contribution < 1.29 is 63.5 Å². The van der Waals surface area contributed by atoms with Gasteiger partial charge < -0.3 is 64.4 Å². The Kier molecular flexibility index (Phi) is 12.1. The second-order valence-electron chi connectivity index (χ2n) is 20.5. The molecule has 1 spiro atoms. The summed E-state index contributed by atoms with van der Waals surface area (Å²) in [4.78, 5) is 12.6. The molecule has 14 nitrogen and oxygen atoms in total. The number of fused-ring (bicyclic) bond motifs is 7. The highest BCUT2D eigenvalue weighted by atomic mass is 16.8. The van der Waals surface area contributed by atoms with E-state index in [2.05, 4.69) is 33.8 Å². The molecule has 58 heavy (non-hydrogen) atoms. The molecule has 7 N–H and O–H groups in total. The van der Waals surface area contributed by atoms with Crippen molar-refractivity contribution in [3.8, 4) is 0 Å². The molecule has 0 radical (unpaired) electrons. The van der Waals surface area contributed by atoms with Crippen molar-refractivity contribution in [2.45, 2.75) is 192 Å². The van der Waals surface area contributed by atoms with Crippen LogP contribution in [-0.2, 0) is 38.0 Å². The second-order valence-corrected chi connectivity index (χ2v) is 20.5. The number of aliphatic hydroxyl groups excluding tert-OH is 5. The van der Waals surface area contributed by atoms with Gasteiger partial charge in [-0.3, -0.25) is 4.79 Å². The number of carbonyl (C=O) groups excluding carboxylic acids is 1. The standard InChI is InChI=1S/C44H71NO13/c1-20(2)32(45)39(51)52-19-30-34(47)36(49)38(57-40-37(50)35(48)33(46)23(5)54-40)41(56-30)55-25-11-13-42(6)24(16-25)8-9-26-27(42)12-14-43(7)28(26)17-29-31(43)22(4)44(58-29)15-10-21(3)18-53-44/h8,20-23,25-38,40-41,46-50H,9-19,45H2,1-7H3/t21-,22+,23?,25+,26?,27?,28?,29?,30?,31?,32+,33+,34-,35?,36?,37+,38?,40+,41-,42+,43+,44-/m1/s1. The van der Waals surface area contributed by atoms with E-state index in [4.69, 9.17) is 38.9 Å². The van der Waals surface area contributed by atoms with Crippen LogP contribution in [0, 0.1) is 52.3 Å². The Hall–Kier alpha value is -1.27. The predicted octanol–water partition coefficient (Wildman–Crippen LogP) is 2.92. The molecule has 0 aromatic rings. The highest BCUT2D eigenvalue weighted by Gasteiger charge is 2.69. The summed E-state index contributed by atoms with van der Waals surface area (Å²) in [6, 6.07) is -0.877. The molecule has 8 aliphatic rings. The molecule has 0 aromatic carbocycles. The van der Waals surface area contributed by atoms with Crippen LogP contribution in [0.4, 0.5) is 0 Å². The lowest BCUT2D eigenvalue weighted by Gasteiger charge is -2.58. The minimum absolute atomic E-state index is 0.0101. The maximum absolute atomic E-state index is 12.6. The Bertz CT molecular complexity index is 1520. The molecule has 4 heterocycles. The number of carbonyl (C=O) groups is 1. The number of hydrogen-bond donors (Lipinski definition) is 6. The van der Waals surface area contributed by atoms with Gasteiger partial charge in [0, 0.05) is 12.3 Å². The molecule has 8 rings (SSSR count). The molecule has 330 valence electrons. The van der Waals surface area contributed by atoms with Crippen molar-refractivity contribution in [2.75, 3.05) is 13.2 Å². The van der Waals surface area contributed by atoms with Gasteiger partial charge in [-0.25, -0.2) is 0 Å². The van der Waals surface area contributed by atoms with Crippen LogP contribution in [0.5, 0.6) is 0 Å². The van der Waals surface area contributed by atoms with Crippen molar-refractivity contribution in [1.82, 2.24) is 0 Å². The van der Waals surface area contributed by atoms with Gasteiger partial charge in [0.25, 0.3) is 0 Å². The van der Waals surface area contributed by atoms with Crippen LogP contribution in [0.1, 0.15) is 106 Å². The molecule has 3 saturated carbocycles. The van der Waals surface area contributed by atoms with Gasteiger partial charge in [-0.1, -0.05) is 53.2 Å². The summed E-state index contributed by atoms with van der Waals surface area (Å²) in [5, 5.41) is 54.3. The van der Waals surface area contributed by atoms with Gasteiger partial charge in [0.05, 0.1) is 24.9 Å². The molecule has 0 bridgehead atoms. The van der Waals surface area contributed by atoms with Crippen LogP contribution in [-0.4, -0.2) is 130 Å². The first-order valence-electron chi connectivity index (χ1n) is 22.3. The number of hydrogen-bond acceptors (Lipinski definition) is 14. The van der Waals surface area contributed by atoms with Crippen LogP contribution in [0.2, 0.25) is 0 Å². The van der Waals surface area contributed by atoms with E-state index in [1.807, 2.05) is 0 Å². The predicted molar refractivity (Wildman–Crippen MR) is 208 cm³/mol. The smallest absolute Gasteiger partial charge is 0.323 e. The molecule has 0 amide bonds. The molecule has 14 heteroatoms. The maximum Gasteiger partial charge on any atom is 0.323 e. The Morgan fingerprint density at radius 2 is 1.66 bits per heavy atom. The zero-order valence-electron chi connectivity index (χ0n) is 35.5. The van der Waals surface area contributed by atoms with Gasteiger partial charge in [0.2, 0.25) is 0 Å². The summed E-state index contributed by atoms with van der Waals surface area (Å²) in [6.07, 6.45) is -2.63. The fourth-order valence-electron chi connectivity index (χ4n) is 13.1. The third kappa shape index (κ3) is 7.24. The van der Waals surface area contributed by atoms with Crippen LogP contribution >= 0.6 is 0 Å². The third-order valence-electron chi connectivity index (χ3n) is 16.8. The van der Waals surface area contributed by atoms with Crippen LogP contribution in [0.15, 0.2) is 11.6 Å². The summed E-state index contributed by atoms with van der Waals surface area (Å²) in [7, 11) is 0. The van der Waals surface area contributed by atoms with Crippen molar-refractivity contribution in [2.24, 2.45) is 58.0 Å². The van der Waals surface area contributed by atoms with E-state index in [-0.39, 0.29) is 35.6 Å². The van der Waals surface area contributed by atoms with E-state index in [1.54, 1.807) is 13.8 Å². The van der Waals surface area contributed by atoms with E-state index >= 15 is 0 Å². The normalized spacial score (nSPS) is 53.3. The van der Waals surface area contributed by atoms with Crippen LogP contribution < -0.4 is 5.73 Å². The van der Waals surface area contributed by atoms with Crippen molar-refractivity contribution >= 4 is 5.97 Å². The van der Waals surface area contributed by atoms with Gasteiger partial charge in [-0.2, -0.15) is 0 Å². The van der Waals surface area contributed by atoms with Crippen molar-refractivity contribution in [3.63, 3.8) is 0 Å². The first kappa shape index (κ1) is 43.4. The average Bonchev–Trinajstić information content (AvgIpc) is 3.64. The minimum atomic E-state index is -1.65. The van der Waals surface area contributed by atoms with Gasteiger partial charge in [0.15, 0.2) is 18.4 Å². The molecule has 22 atom stereocenters. The fourth-order valence-corrected chi connectivity index (χ4v) is 13.1. The average molecular weight is 822 g/mol. The molecular weight excluding hydrogens is 750 g/mol. The molecule has 4 aliphatic carbocycles. The first-order chi connectivity index (χ1) is 27.4. The lowest BCUT2D eigenvalue weighted by atomic mass is 9.47. The molecule has 7 fully saturated rings. The molecule has 10 unspecified atom stereocenters. The Balaban J connectivity index is 0.973. The number of aliphatic hydroxyl groups is 5. The number of ether oxygens (including phenoxy) is 7. The van der Waals surface area contributed by atoms with Gasteiger partial charge >= 0.3 is 5.97 Å². The Labute approximate surface area is 343 Å². The number of rotatable bonds is 8. The monoisotopic (exact) mass is 821 g/mol. The Morgan fingerprint density at radius 1 is 0.897 bits per heavy atom. The highest BCUT2D eigenvalue weighted by Crippen LogP contribution is 2.70. The summed E-state index contributed by atoms with van der Waals surface area (Å²) in [6.45, 7) is 15.2. The van der Waals surface area contributed by atoms with Crippen LogP contribution in [0.3, 0.4) is 0 Å². The van der Waals surface area contributed by atoms with Gasteiger partial charge in [-0.15, -0.1) is 0 Å². The third-order valence-corrected chi connectivity index (χ3v) is 16.8. The zero-order chi connectivity index (χ0) is 41.6. The fraction of sp³-hybridized carbons (Fsp3) is 0.932. The second kappa shape index (κ2) is 16.1. The van der Waals surface area contributed by atoms with Crippen LogP contribution in [0.25, 0.3) is 0 Å². The molecule has 4 saturated heterocycles. The molecular formula is C44H71NO13. The molecule has 4 aliphatic heterocycles. The summed E-state index contributed by atoms with van der Waals surface area (Å²) in [5.41, 5.74) is 7.59. The van der Waals surface area contributed by atoms with E-state index in [0.717, 1.165) is 45.1 Å². The lowest BCUT2D eigenvalue weighted by Crippen LogP contribution is -2.64. The van der Waals surface area contributed by atoms with Gasteiger partial charge in [0.1, 0.15) is 55.4 Å². The van der Waals surface area contributed by atoms with E-state index in [9.17, 15) is 30.3 Å².